The van der Waals surface area contributed by atoms with Crippen molar-refractivity contribution < 1.29 is 4.79 Å². The highest BCUT2D eigenvalue weighted by molar-refractivity contribution is 5.98. The van der Waals surface area contributed by atoms with E-state index in [1.54, 1.807) is 17.2 Å². The van der Waals surface area contributed by atoms with E-state index in [2.05, 4.69) is 10.3 Å². The molecule has 5 heteroatoms. The number of nitrogens with one attached hydrogen (secondary N) is 1. The van der Waals surface area contributed by atoms with E-state index in [0.29, 0.717) is 11.3 Å². The summed E-state index contributed by atoms with van der Waals surface area (Å²) in [5.41, 5.74) is 6.72. The molecule has 1 aliphatic heterocycles. The molecule has 80 valence electrons. The summed E-state index contributed by atoms with van der Waals surface area (Å²) in [6, 6.07) is 1.65. The molecule has 0 saturated carbocycles. The lowest BCUT2D eigenvalue weighted by Crippen LogP contribution is -2.46. The van der Waals surface area contributed by atoms with Gasteiger partial charge in [-0.15, -0.1) is 0 Å². The van der Waals surface area contributed by atoms with Crippen molar-refractivity contribution in [3.8, 4) is 0 Å². The molecule has 1 aromatic rings. The standard InChI is InChI=1S/C10H14N4O/c11-9-1-2-13-7-8(9)10(15)14-5-3-12-4-6-14/h1-2,7,12H,3-6H2,(H2,11,13). The smallest absolute Gasteiger partial charge is 0.257 e. The summed E-state index contributed by atoms with van der Waals surface area (Å²) in [5, 5.41) is 3.19. The number of carbonyl (C=O) groups is 1. The molecule has 5 nitrogen and oxygen atoms in total. The van der Waals surface area contributed by atoms with Crippen LogP contribution in [-0.2, 0) is 0 Å². The zero-order valence-corrected chi connectivity index (χ0v) is 8.44. The van der Waals surface area contributed by atoms with E-state index in [1.165, 1.54) is 6.20 Å². The number of anilines is 1. The lowest BCUT2D eigenvalue weighted by atomic mass is 10.2. The highest BCUT2D eigenvalue weighted by Crippen LogP contribution is 2.12. The first kappa shape index (κ1) is 9.92. The van der Waals surface area contributed by atoms with Crippen LogP contribution < -0.4 is 11.1 Å². The molecule has 0 unspecified atom stereocenters. The fraction of sp³-hybridized carbons (Fsp3) is 0.400. The van der Waals surface area contributed by atoms with Crippen LogP contribution in [0, 0.1) is 0 Å². The van der Waals surface area contributed by atoms with E-state index in [9.17, 15) is 4.79 Å². The summed E-state index contributed by atoms with van der Waals surface area (Å²) in [6.45, 7) is 3.14. The van der Waals surface area contributed by atoms with Gasteiger partial charge in [0.2, 0.25) is 0 Å². The molecule has 2 rings (SSSR count). The van der Waals surface area contributed by atoms with E-state index in [4.69, 9.17) is 5.73 Å². The predicted molar refractivity (Wildman–Crippen MR) is 57.4 cm³/mol. The second kappa shape index (κ2) is 4.27. The molecule has 0 aliphatic carbocycles. The SMILES string of the molecule is Nc1ccncc1C(=O)N1CCNCC1. The van der Waals surface area contributed by atoms with Gasteiger partial charge in [0.05, 0.1) is 5.56 Å². The van der Waals surface area contributed by atoms with E-state index < -0.39 is 0 Å². The van der Waals surface area contributed by atoms with Gasteiger partial charge in [-0.3, -0.25) is 9.78 Å². The van der Waals surface area contributed by atoms with Crippen LogP contribution in [0.3, 0.4) is 0 Å². The van der Waals surface area contributed by atoms with Gasteiger partial charge in [0, 0.05) is 44.3 Å². The minimum atomic E-state index is -0.0258. The van der Waals surface area contributed by atoms with Crippen LogP contribution in [0.5, 0.6) is 0 Å². The lowest BCUT2D eigenvalue weighted by Gasteiger charge is -2.27. The number of aromatic nitrogens is 1. The molecular weight excluding hydrogens is 192 g/mol. The van der Waals surface area contributed by atoms with Crippen molar-refractivity contribution in [1.29, 1.82) is 0 Å². The average molecular weight is 206 g/mol. The van der Waals surface area contributed by atoms with Crippen LogP contribution in [-0.4, -0.2) is 42.0 Å². The van der Waals surface area contributed by atoms with Crippen molar-refractivity contribution in [2.75, 3.05) is 31.9 Å². The molecular formula is C10H14N4O. The highest BCUT2D eigenvalue weighted by Gasteiger charge is 2.19. The number of pyridine rings is 1. The third kappa shape index (κ3) is 2.07. The molecule has 0 atom stereocenters. The van der Waals surface area contributed by atoms with Crippen molar-refractivity contribution >= 4 is 11.6 Å². The number of carbonyl (C=O) groups excluding carboxylic acids is 1. The summed E-state index contributed by atoms with van der Waals surface area (Å²) in [6.07, 6.45) is 3.11. The van der Waals surface area contributed by atoms with Crippen LogP contribution in [0.15, 0.2) is 18.5 Å². The van der Waals surface area contributed by atoms with Gasteiger partial charge in [-0.1, -0.05) is 0 Å². The Hall–Kier alpha value is -1.62. The monoisotopic (exact) mass is 206 g/mol. The van der Waals surface area contributed by atoms with Gasteiger partial charge in [-0.25, -0.2) is 0 Å². The first-order valence-electron chi connectivity index (χ1n) is 4.98. The van der Waals surface area contributed by atoms with E-state index in [0.717, 1.165) is 26.2 Å². The molecule has 3 N–H and O–H groups in total. The van der Waals surface area contributed by atoms with Crippen molar-refractivity contribution in [3.05, 3.63) is 24.0 Å². The maximum absolute atomic E-state index is 12.0. The van der Waals surface area contributed by atoms with Crippen LogP contribution in [0.4, 0.5) is 5.69 Å². The molecule has 0 bridgehead atoms. The Labute approximate surface area is 88.3 Å². The van der Waals surface area contributed by atoms with Gasteiger partial charge in [0.25, 0.3) is 5.91 Å². The van der Waals surface area contributed by atoms with Crippen LogP contribution in [0.2, 0.25) is 0 Å². The second-order valence-corrected chi connectivity index (χ2v) is 3.51. The molecule has 0 aromatic carbocycles. The Bertz CT molecular complexity index is 360. The van der Waals surface area contributed by atoms with Crippen molar-refractivity contribution in [1.82, 2.24) is 15.2 Å². The van der Waals surface area contributed by atoms with Crippen molar-refractivity contribution in [3.63, 3.8) is 0 Å². The Morgan fingerprint density at radius 3 is 2.87 bits per heavy atom. The molecule has 0 spiro atoms. The minimum absolute atomic E-state index is 0.0258. The summed E-state index contributed by atoms with van der Waals surface area (Å²) >= 11 is 0. The summed E-state index contributed by atoms with van der Waals surface area (Å²) < 4.78 is 0. The predicted octanol–water partition coefficient (Wildman–Crippen LogP) is -0.291. The van der Waals surface area contributed by atoms with Crippen LogP contribution in [0.1, 0.15) is 10.4 Å². The number of nitrogens with two attached hydrogens (primary N) is 1. The number of nitrogen functional groups attached to an aromatic ring is 1. The number of piperazine rings is 1. The number of nitrogens with zero attached hydrogens (tertiary/aromatic N) is 2. The molecule has 1 aromatic heterocycles. The first-order valence-corrected chi connectivity index (χ1v) is 4.98. The highest BCUT2D eigenvalue weighted by atomic mass is 16.2. The average Bonchev–Trinajstić information content (AvgIpc) is 2.30. The molecule has 2 heterocycles. The topological polar surface area (TPSA) is 71.2 Å². The van der Waals surface area contributed by atoms with Gasteiger partial charge in [-0.05, 0) is 6.07 Å². The van der Waals surface area contributed by atoms with Gasteiger partial charge >= 0.3 is 0 Å². The van der Waals surface area contributed by atoms with Crippen LogP contribution in [0.25, 0.3) is 0 Å². The van der Waals surface area contributed by atoms with Crippen molar-refractivity contribution in [2.24, 2.45) is 0 Å². The van der Waals surface area contributed by atoms with E-state index >= 15 is 0 Å². The molecule has 1 saturated heterocycles. The Kier molecular flexibility index (Phi) is 2.82. The Balaban J connectivity index is 2.16. The Morgan fingerprint density at radius 1 is 1.47 bits per heavy atom. The largest absolute Gasteiger partial charge is 0.398 e. The van der Waals surface area contributed by atoms with Gasteiger partial charge in [-0.2, -0.15) is 0 Å². The third-order valence-corrected chi connectivity index (χ3v) is 2.49. The normalized spacial score (nSPS) is 16.4. The maximum atomic E-state index is 12.0. The second-order valence-electron chi connectivity index (χ2n) is 3.51. The minimum Gasteiger partial charge on any atom is -0.398 e. The summed E-state index contributed by atoms with van der Waals surface area (Å²) in [4.78, 5) is 17.7. The third-order valence-electron chi connectivity index (χ3n) is 2.49. The zero-order chi connectivity index (χ0) is 10.7. The summed E-state index contributed by atoms with van der Waals surface area (Å²) in [7, 11) is 0. The van der Waals surface area contributed by atoms with E-state index in [1.807, 2.05) is 0 Å². The fourth-order valence-corrected chi connectivity index (χ4v) is 1.62. The summed E-state index contributed by atoms with van der Waals surface area (Å²) in [5.74, 6) is -0.0258. The molecule has 1 amide bonds. The van der Waals surface area contributed by atoms with E-state index in [-0.39, 0.29) is 5.91 Å². The number of rotatable bonds is 1. The quantitative estimate of drug-likeness (QED) is 0.662. The van der Waals surface area contributed by atoms with Gasteiger partial charge in [0.15, 0.2) is 0 Å². The molecule has 1 aliphatic rings. The molecule has 0 radical (unpaired) electrons. The lowest BCUT2D eigenvalue weighted by molar-refractivity contribution is 0.0736. The van der Waals surface area contributed by atoms with Gasteiger partial charge in [0.1, 0.15) is 0 Å². The first-order chi connectivity index (χ1) is 7.29. The zero-order valence-electron chi connectivity index (χ0n) is 8.44. The molecule has 15 heavy (non-hydrogen) atoms. The number of amides is 1. The number of hydrogen-bond donors (Lipinski definition) is 2. The fourth-order valence-electron chi connectivity index (χ4n) is 1.62. The van der Waals surface area contributed by atoms with Crippen molar-refractivity contribution in [2.45, 2.75) is 0 Å². The van der Waals surface area contributed by atoms with Gasteiger partial charge < -0.3 is 16.0 Å². The number of hydrogen-bond acceptors (Lipinski definition) is 4. The Morgan fingerprint density at radius 2 is 2.20 bits per heavy atom. The molecule has 1 fully saturated rings. The van der Waals surface area contributed by atoms with Crippen LogP contribution >= 0.6 is 0 Å². The maximum Gasteiger partial charge on any atom is 0.257 e.